The molecule has 1 aromatic heterocycles. The molecule has 25 heavy (non-hydrogen) atoms. The molecule has 0 atom stereocenters. The predicted molar refractivity (Wildman–Crippen MR) is 102 cm³/mol. The third kappa shape index (κ3) is 5.55. The first-order valence-electron chi connectivity index (χ1n) is 8.66. The van der Waals surface area contributed by atoms with Crippen LogP contribution in [0, 0.1) is 12.8 Å². The van der Waals surface area contributed by atoms with E-state index >= 15 is 0 Å². The van der Waals surface area contributed by atoms with E-state index in [0.717, 1.165) is 11.4 Å². The average Bonchev–Trinajstić information content (AvgIpc) is 2.51. The molecule has 1 aromatic carbocycles. The Balaban J connectivity index is 2.16. The summed E-state index contributed by atoms with van der Waals surface area (Å²) in [5.41, 5.74) is 3.39. The number of nitrogens with zero attached hydrogens (tertiary/aromatic N) is 2. The van der Waals surface area contributed by atoms with Crippen LogP contribution in [0.3, 0.4) is 0 Å². The quantitative estimate of drug-likeness (QED) is 0.855. The maximum absolute atomic E-state index is 12.2. The van der Waals surface area contributed by atoms with Gasteiger partial charge in [-0.05, 0) is 42.0 Å². The Morgan fingerprint density at radius 1 is 1.12 bits per heavy atom. The van der Waals surface area contributed by atoms with Crippen LogP contribution in [0.5, 0.6) is 0 Å². The maximum atomic E-state index is 12.2. The maximum Gasteiger partial charge on any atom is 0.270 e. The smallest absolute Gasteiger partial charge is 0.270 e. The molecule has 5 nitrogen and oxygen atoms in total. The molecule has 134 valence electrons. The number of carbonyl (C=O) groups excluding carboxylic acids is 1. The molecule has 2 rings (SSSR count). The lowest BCUT2D eigenvalue weighted by Crippen LogP contribution is -2.28. The van der Waals surface area contributed by atoms with Gasteiger partial charge in [-0.3, -0.25) is 4.79 Å². The van der Waals surface area contributed by atoms with E-state index in [2.05, 4.69) is 67.4 Å². The Bertz CT molecular complexity index is 730. The van der Waals surface area contributed by atoms with Crippen LogP contribution in [0.4, 0.5) is 11.6 Å². The van der Waals surface area contributed by atoms with Crippen LogP contribution in [0.25, 0.3) is 0 Å². The van der Waals surface area contributed by atoms with Crippen LogP contribution in [-0.2, 0) is 5.41 Å². The summed E-state index contributed by atoms with van der Waals surface area (Å²) < 4.78 is 0. The van der Waals surface area contributed by atoms with Gasteiger partial charge in [0.15, 0.2) is 0 Å². The molecular formula is C20H28N4O. The zero-order valence-electron chi connectivity index (χ0n) is 16.0. The van der Waals surface area contributed by atoms with Gasteiger partial charge in [-0.25, -0.2) is 9.97 Å². The van der Waals surface area contributed by atoms with Crippen molar-refractivity contribution in [2.75, 3.05) is 11.9 Å². The van der Waals surface area contributed by atoms with Gasteiger partial charge in [-0.1, -0.05) is 46.8 Å². The van der Waals surface area contributed by atoms with Gasteiger partial charge in [0.25, 0.3) is 5.91 Å². The highest BCUT2D eigenvalue weighted by Gasteiger charge is 2.14. The van der Waals surface area contributed by atoms with Gasteiger partial charge in [-0.15, -0.1) is 0 Å². The molecule has 1 amide bonds. The van der Waals surface area contributed by atoms with Crippen molar-refractivity contribution in [3.05, 3.63) is 47.3 Å². The highest BCUT2D eigenvalue weighted by Crippen LogP contribution is 2.24. The fourth-order valence-corrected chi connectivity index (χ4v) is 2.31. The Kier molecular flexibility index (Phi) is 5.77. The van der Waals surface area contributed by atoms with Crippen LogP contribution < -0.4 is 10.6 Å². The van der Waals surface area contributed by atoms with Crippen molar-refractivity contribution in [2.45, 2.75) is 47.0 Å². The van der Waals surface area contributed by atoms with Gasteiger partial charge < -0.3 is 10.6 Å². The molecule has 0 aliphatic carbocycles. The number of amides is 1. The third-order valence-corrected chi connectivity index (χ3v) is 3.76. The van der Waals surface area contributed by atoms with E-state index in [1.165, 1.54) is 5.56 Å². The number of nitrogens with one attached hydrogen (secondary N) is 2. The SMILES string of the molecule is Cc1cc(C(=O)NCC(C)C)nc(Nc2ccc(C(C)(C)C)cc2)n1. The van der Waals surface area contributed by atoms with E-state index in [1.54, 1.807) is 6.07 Å². The summed E-state index contributed by atoms with van der Waals surface area (Å²) in [6.45, 7) is 13.1. The Morgan fingerprint density at radius 2 is 1.76 bits per heavy atom. The predicted octanol–water partition coefficient (Wildman–Crippen LogP) is 4.21. The lowest BCUT2D eigenvalue weighted by Gasteiger charge is -2.19. The Hall–Kier alpha value is -2.43. The van der Waals surface area contributed by atoms with Gasteiger partial charge in [0.2, 0.25) is 5.95 Å². The standard InChI is InChI=1S/C20H28N4O/c1-13(2)12-21-18(25)17-11-14(3)22-19(24-17)23-16-9-7-15(8-10-16)20(4,5)6/h7-11,13H,12H2,1-6H3,(H,21,25)(H,22,23,24). The van der Waals surface area contributed by atoms with Gasteiger partial charge in [-0.2, -0.15) is 0 Å². The minimum Gasteiger partial charge on any atom is -0.350 e. The summed E-state index contributed by atoms with van der Waals surface area (Å²) in [7, 11) is 0. The van der Waals surface area contributed by atoms with Crippen molar-refractivity contribution in [1.82, 2.24) is 15.3 Å². The normalized spacial score (nSPS) is 11.5. The second kappa shape index (κ2) is 7.64. The number of hydrogen-bond donors (Lipinski definition) is 2. The first-order valence-corrected chi connectivity index (χ1v) is 8.66. The zero-order chi connectivity index (χ0) is 18.6. The number of benzene rings is 1. The molecular weight excluding hydrogens is 312 g/mol. The number of anilines is 2. The topological polar surface area (TPSA) is 66.9 Å². The van der Waals surface area contributed by atoms with Crippen LogP contribution in [-0.4, -0.2) is 22.4 Å². The molecule has 5 heteroatoms. The minimum atomic E-state index is -0.176. The van der Waals surface area contributed by atoms with Crippen molar-refractivity contribution in [3.8, 4) is 0 Å². The number of carbonyl (C=O) groups is 1. The molecule has 1 heterocycles. The van der Waals surface area contributed by atoms with Gasteiger partial charge in [0.05, 0.1) is 0 Å². The van der Waals surface area contributed by atoms with Crippen LogP contribution in [0.2, 0.25) is 0 Å². The molecule has 0 fully saturated rings. The summed E-state index contributed by atoms with van der Waals surface area (Å²) in [4.78, 5) is 21.0. The van der Waals surface area contributed by atoms with Crippen molar-refractivity contribution in [3.63, 3.8) is 0 Å². The number of hydrogen-bond acceptors (Lipinski definition) is 4. The number of aromatic nitrogens is 2. The molecule has 0 aliphatic heterocycles. The summed E-state index contributed by atoms with van der Waals surface area (Å²) in [6.07, 6.45) is 0. The van der Waals surface area contributed by atoms with Crippen LogP contribution >= 0.6 is 0 Å². The molecule has 0 unspecified atom stereocenters. The molecule has 0 spiro atoms. The van der Waals surface area contributed by atoms with Crippen molar-refractivity contribution >= 4 is 17.5 Å². The van der Waals surface area contributed by atoms with Crippen molar-refractivity contribution in [2.24, 2.45) is 5.92 Å². The molecule has 2 aromatic rings. The minimum absolute atomic E-state index is 0.111. The van der Waals surface area contributed by atoms with Crippen molar-refractivity contribution < 1.29 is 4.79 Å². The van der Waals surface area contributed by atoms with Gasteiger partial charge in [0.1, 0.15) is 5.69 Å². The van der Waals surface area contributed by atoms with Crippen LogP contribution in [0.15, 0.2) is 30.3 Å². The largest absolute Gasteiger partial charge is 0.350 e. The molecule has 2 N–H and O–H groups in total. The summed E-state index contributed by atoms with van der Waals surface area (Å²) in [6, 6.07) is 9.89. The molecule has 0 radical (unpaired) electrons. The van der Waals surface area contributed by atoms with E-state index in [-0.39, 0.29) is 11.3 Å². The second-order valence-corrected chi connectivity index (χ2v) is 7.77. The van der Waals surface area contributed by atoms with E-state index in [4.69, 9.17) is 0 Å². The molecule has 0 bridgehead atoms. The highest BCUT2D eigenvalue weighted by molar-refractivity contribution is 5.92. The molecule has 0 saturated heterocycles. The van der Waals surface area contributed by atoms with Gasteiger partial charge >= 0.3 is 0 Å². The fraction of sp³-hybridized carbons (Fsp3) is 0.450. The summed E-state index contributed by atoms with van der Waals surface area (Å²) in [5, 5.41) is 6.07. The second-order valence-electron chi connectivity index (χ2n) is 7.77. The van der Waals surface area contributed by atoms with E-state index in [1.807, 2.05) is 19.1 Å². The highest BCUT2D eigenvalue weighted by atomic mass is 16.1. The summed E-state index contributed by atoms with van der Waals surface area (Å²) in [5.74, 6) is 0.648. The first-order chi connectivity index (χ1) is 11.6. The van der Waals surface area contributed by atoms with Gasteiger partial charge in [0, 0.05) is 17.9 Å². The summed E-state index contributed by atoms with van der Waals surface area (Å²) >= 11 is 0. The Morgan fingerprint density at radius 3 is 2.32 bits per heavy atom. The van der Waals surface area contributed by atoms with Crippen molar-refractivity contribution in [1.29, 1.82) is 0 Å². The van der Waals surface area contributed by atoms with Crippen LogP contribution in [0.1, 0.15) is 56.4 Å². The molecule has 0 saturated carbocycles. The van der Waals surface area contributed by atoms with E-state index < -0.39 is 0 Å². The van der Waals surface area contributed by atoms with E-state index in [9.17, 15) is 4.79 Å². The molecule has 0 aliphatic rings. The lowest BCUT2D eigenvalue weighted by atomic mass is 9.87. The third-order valence-electron chi connectivity index (χ3n) is 3.76. The first kappa shape index (κ1) is 18.9. The number of aryl methyl sites for hydroxylation is 1. The Labute approximate surface area is 150 Å². The fourth-order valence-electron chi connectivity index (χ4n) is 2.31. The monoisotopic (exact) mass is 340 g/mol. The average molecular weight is 340 g/mol. The number of rotatable bonds is 5. The zero-order valence-corrected chi connectivity index (χ0v) is 16.0. The lowest BCUT2D eigenvalue weighted by molar-refractivity contribution is 0.0944. The van der Waals surface area contributed by atoms with E-state index in [0.29, 0.717) is 24.1 Å².